The summed E-state index contributed by atoms with van der Waals surface area (Å²) in [6.45, 7) is 4.34. The molecule has 6 heteroatoms. The Balaban J connectivity index is 2.68. The van der Waals surface area contributed by atoms with E-state index in [2.05, 4.69) is 0 Å². The Morgan fingerprint density at radius 2 is 2.19 bits per heavy atom. The van der Waals surface area contributed by atoms with E-state index in [4.69, 9.17) is 5.11 Å². The molecule has 1 heterocycles. The molecule has 16 heavy (non-hydrogen) atoms. The fourth-order valence-corrected chi connectivity index (χ4v) is 3.98. The Bertz CT molecular complexity index is 352. The first-order chi connectivity index (χ1) is 7.36. The van der Waals surface area contributed by atoms with Gasteiger partial charge in [0.25, 0.3) is 0 Å². The maximum absolute atomic E-state index is 11.7. The maximum Gasteiger partial charge on any atom is 0.307 e. The maximum atomic E-state index is 11.7. The van der Waals surface area contributed by atoms with E-state index in [1.54, 1.807) is 0 Å². The second-order valence-corrected chi connectivity index (χ2v) is 6.54. The average molecular weight is 249 g/mol. The normalized spacial score (nSPS) is 26.8. The van der Waals surface area contributed by atoms with Gasteiger partial charge in [-0.3, -0.25) is 4.79 Å². The number of sulfonamides is 1. The Morgan fingerprint density at radius 3 is 2.56 bits per heavy atom. The molecule has 2 atom stereocenters. The third kappa shape index (κ3) is 3.18. The van der Waals surface area contributed by atoms with Gasteiger partial charge >= 0.3 is 5.97 Å². The number of hydrogen-bond donors (Lipinski definition) is 1. The minimum absolute atomic E-state index is 0.0982. The minimum atomic E-state index is -3.21. The molecule has 0 spiro atoms. The highest BCUT2D eigenvalue weighted by Gasteiger charge is 2.35. The van der Waals surface area contributed by atoms with Crippen molar-refractivity contribution in [3.8, 4) is 0 Å². The van der Waals surface area contributed by atoms with Crippen LogP contribution < -0.4 is 0 Å². The SMILES string of the molecule is CCCC(CN1CC(C)CS1(=O)=O)C(=O)O. The van der Waals surface area contributed by atoms with E-state index in [1.165, 1.54) is 4.31 Å². The van der Waals surface area contributed by atoms with Crippen LogP contribution in [0.5, 0.6) is 0 Å². The smallest absolute Gasteiger partial charge is 0.307 e. The molecular weight excluding hydrogens is 230 g/mol. The lowest BCUT2D eigenvalue weighted by atomic mass is 10.0. The third-order valence-corrected chi connectivity index (χ3v) is 4.89. The van der Waals surface area contributed by atoms with Gasteiger partial charge in [0.15, 0.2) is 0 Å². The lowest BCUT2D eigenvalue weighted by molar-refractivity contribution is -0.142. The molecule has 0 amide bonds. The quantitative estimate of drug-likeness (QED) is 0.781. The van der Waals surface area contributed by atoms with Gasteiger partial charge in [0.1, 0.15) is 0 Å². The first-order valence-electron chi connectivity index (χ1n) is 5.57. The van der Waals surface area contributed by atoms with E-state index in [-0.39, 0.29) is 18.2 Å². The van der Waals surface area contributed by atoms with Gasteiger partial charge in [0.05, 0.1) is 11.7 Å². The lowest BCUT2D eigenvalue weighted by Gasteiger charge is -2.19. The van der Waals surface area contributed by atoms with Crippen LogP contribution in [0.25, 0.3) is 0 Å². The highest BCUT2D eigenvalue weighted by atomic mass is 32.2. The van der Waals surface area contributed by atoms with Crippen molar-refractivity contribution in [1.82, 2.24) is 4.31 Å². The second kappa shape index (κ2) is 5.14. The molecule has 0 aliphatic carbocycles. The van der Waals surface area contributed by atoms with Crippen LogP contribution in [-0.4, -0.2) is 42.6 Å². The molecule has 94 valence electrons. The van der Waals surface area contributed by atoms with Crippen LogP contribution in [0.3, 0.4) is 0 Å². The molecule has 0 saturated carbocycles. The van der Waals surface area contributed by atoms with Gasteiger partial charge in [-0.2, -0.15) is 0 Å². The van der Waals surface area contributed by atoms with Crippen LogP contribution >= 0.6 is 0 Å². The van der Waals surface area contributed by atoms with Gasteiger partial charge in [-0.05, 0) is 12.3 Å². The summed E-state index contributed by atoms with van der Waals surface area (Å²) in [7, 11) is -3.21. The molecule has 1 fully saturated rings. The van der Waals surface area contributed by atoms with Crippen molar-refractivity contribution < 1.29 is 18.3 Å². The van der Waals surface area contributed by atoms with Crippen molar-refractivity contribution in [3.05, 3.63) is 0 Å². The molecule has 1 aliphatic heterocycles. The van der Waals surface area contributed by atoms with Crippen LogP contribution in [0.15, 0.2) is 0 Å². The number of carboxylic acids is 1. The first kappa shape index (κ1) is 13.4. The van der Waals surface area contributed by atoms with Crippen molar-refractivity contribution in [2.24, 2.45) is 11.8 Å². The average Bonchev–Trinajstić information content (AvgIpc) is 2.38. The molecule has 1 aliphatic rings. The van der Waals surface area contributed by atoms with Crippen molar-refractivity contribution in [2.75, 3.05) is 18.8 Å². The Kier molecular flexibility index (Phi) is 4.32. The number of hydrogen-bond acceptors (Lipinski definition) is 3. The predicted molar refractivity (Wildman–Crippen MR) is 60.6 cm³/mol. The van der Waals surface area contributed by atoms with Gasteiger partial charge in [-0.1, -0.05) is 20.3 Å². The third-order valence-electron chi connectivity index (χ3n) is 2.81. The monoisotopic (exact) mass is 249 g/mol. The number of nitrogens with zero attached hydrogens (tertiary/aromatic N) is 1. The van der Waals surface area contributed by atoms with Gasteiger partial charge in [0.2, 0.25) is 10.0 Å². The summed E-state index contributed by atoms with van der Waals surface area (Å²) in [6.07, 6.45) is 1.27. The largest absolute Gasteiger partial charge is 0.481 e. The standard InChI is InChI=1S/C10H19NO4S/c1-3-4-9(10(12)13)6-11-5-8(2)7-16(11,14)15/h8-9H,3-7H2,1-2H3,(H,12,13). The summed E-state index contributed by atoms with van der Waals surface area (Å²) >= 11 is 0. The summed E-state index contributed by atoms with van der Waals surface area (Å²) in [6, 6.07) is 0. The van der Waals surface area contributed by atoms with Crippen molar-refractivity contribution in [1.29, 1.82) is 0 Å². The van der Waals surface area contributed by atoms with E-state index >= 15 is 0 Å². The predicted octanol–water partition coefficient (Wildman–Crippen LogP) is 0.769. The molecule has 0 bridgehead atoms. The molecule has 1 N–H and O–H groups in total. The first-order valence-corrected chi connectivity index (χ1v) is 7.18. The highest BCUT2D eigenvalue weighted by Crippen LogP contribution is 2.21. The van der Waals surface area contributed by atoms with Gasteiger partial charge in [0, 0.05) is 13.1 Å². The molecule has 0 aromatic heterocycles. The molecule has 0 aromatic carbocycles. The van der Waals surface area contributed by atoms with E-state index in [0.717, 1.165) is 6.42 Å². The fraction of sp³-hybridized carbons (Fsp3) is 0.900. The fourth-order valence-electron chi connectivity index (χ4n) is 2.05. The lowest BCUT2D eigenvalue weighted by Crippen LogP contribution is -2.34. The van der Waals surface area contributed by atoms with Crippen LogP contribution in [0, 0.1) is 11.8 Å². The topological polar surface area (TPSA) is 74.7 Å². The zero-order valence-corrected chi connectivity index (χ0v) is 10.5. The Hall–Kier alpha value is -0.620. The summed E-state index contributed by atoms with van der Waals surface area (Å²) < 4.78 is 24.7. The Morgan fingerprint density at radius 1 is 1.56 bits per heavy atom. The van der Waals surface area contributed by atoms with Crippen LogP contribution in [0.1, 0.15) is 26.7 Å². The van der Waals surface area contributed by atoms with Crippen molar-refractivity contribution in [3.63, 3.8) is 0 Å². The summed E-state index contributed by atoms with van der Waals surface area (Å²) in [5.74, 6) is -1.24. The van der Waals surface area contributed by atoms with Crippen LogP contribution in [0.4, 0.5) is 0 Å². The highest BCUT2D eigenvalue weighted by molar-refractivity contribution is 7.89. The van der Waals surface area contributed by atoms with E-state index in [0.29, 0.717) is 13.0 Å². The second-order valence-electron chi connectivity index (χ2n) is 4.52. The van der Waals surface area contributed by atoms with Crippen molar-refractivity contribution >= 4 is 16.0 Å². The number of rotatable bonds is 5. The van der Waals surface area contributed by atoms with Crippen LogP contribution in [0.2, 0.25) is 0 Å². The minimum Gasteiger partial charge on any atom is -0.481 e. The van der Waals surface area contributed by atoms with Gasteiger partial charge in [-0.25, -0.2) is 12.7 Å². The molecule has 2 unspecified atom stereocenters. The van der Waals surface area contributed by atoms with Crippen LogP contribution in [-0.2, 0) is 14.8 Å². The zero-order chi connectivity index (χ0) is 12.3. The summed E-state index contributed by atoms with van der Waals surface area (Å²) in [4.78, 5) is 10.9. The van der Waals surface area contributed by atoms with Gasteiger partial charge in [-0.15, -0.1) is 0 Å². The molecule has 0 aromatic rings. The summed E-state index contributed by atoms with van der Waals surface area (Å²) in [5, 5.41) is 8.98. The number of carbonyl (C=O) groups is 1. The zero-order valence-electron chi connectivity index (χ0n) is 9.72. The van der Waals surface area contributed by atoms with E-state index in [1.807, 2.05) is 13.8 Å². The molecule has 5 nitrogen and oxygen atoms in total. The number of carboxylic acid groups (broad SMARTS) is 1. The van der Waals surface area contributed by atoms with E-state index in [9.17, 15) is 13.2 Å². The van der Waals surface area contributed by atoms with Crippen molar-refractivity contribution in [2.45, 2.75) is 26.7 Å². The molecule has 1 rings (SSSR count). The number of aliphatic carboxylic acids is 1. The molecular formula is C10H19NO4S. The Labute approximate surface area is 96.5 Å². The molecule has 1 saturated heterocycles. The van der Waals surface area contributed by atoms with Gasteiger partial charge < -0.3 is 5.11 Å². The summed E-state index contributed by atoms with van der Waals surface area (Å²) in [5.41, 5.74) is 0. The molecule has 0 radical (unpaired) electrons. The van der Waals surface area contributed by atoms with E-state index < -0.39 is 21.9 Å².